The third-order valence-corrected chi connectivity index (χ3v) is 7.32. The number of nitrogens with one attached hydrogen (secondary N) is 2. The van der Waals surface area contributed by atoms with Crippen molar-refractivity contribution in [2.45, 2.75) is 50.4 Å². The van der Waals surface area contributed by atoms with E-state index >= 15 is 0 Å². The van der Waals surface area contributed by atoms with Gasteiger partial charge in [-0.05, 0) is 56.0 Å². The van der Waals surface area contributed by atoms with Gasteiger partial charge in [0.1, 0.15) is 10.0 Å². The normalized spacial score (nSPS) is 19.1. The fourth-order valence-corrected chi connectivity index (χ4v) is 5.53. The molecular formula is C22H30N10O2S2. The molecule has 1 fully saturated rings. The quantitative estimate of drug-likeness (QED) is 0.246. The summed E-state index contributed by atoms with van der Waals surface area (Å²) in [4.78, 5) is 24.4. The van der Waals surface area contributed by atoms with E-state index in [9.17, 15) is 9.59 Å². The molecule has 36 heavy (non-hydrogen) atoms. The number of hydrogen-bond donors (Lipinski definition) is 6. The molecule has 0 saturated heterocycles. The van der Waals surface area contributed by atoms with Crippen LogP contribution in [0.5, 0.6) is 0 Å². The number of nitrogens with two attached hydrogens (primary N) is 4. The topological polar surface area (TPSA) is 214 Å². The number of allylic oxidation sites excluding steroid dienone is 4. The van der Waals surface area contributed by atoms with Crippen LogP contribution >= 0.6 is 22.7 Å². The Kier molecular flexibility index (Phi) is 9.94. The number of carbonyl (C=O) groups is 2. The van der Waals surface area contributed by atoms with Gasteiger partial charge in [0.2, 0.25) is 22.1 Å². The minimum Gasteiger partial charge on any atom is -0.405 e. The molecule has 3 rings (SSSR count). The molecule has 1 unspecified atom stereocenters. The van der Waals surface area contributed by atoms with E-state index in [-0.39, 0.29) is 36.5 Å². The third-order valence-electron chi connectivity index (χ3n) is 5.32. The van der Waals surface area contributed by atoms with E-state index in [0.29, 0.717) is 21.7 Å². The maximum absolute atomic E-state index is 12.2. The summed E-state index contributed by atoms with van der Waals surface area (Å²) in [7, 11) is 0. The van der Waals surface area contributed by atoms with Crippen molar-refractivity contribution in [3.63, 3.8) is 0 Å². The highest BCUT2D eigenvalue weighted by molar-refractivity contribution is 7.15. The first-order chi connectivity index (χ1) is 17.4. The van der Waals surface area contributed by atoms with Crippen LogP contribution in [0.2, 0.25) is 0 Å². The van der Waals surface area contributed by atoms with E-state index in [1.54, 1.807) is 24.3 Å². The standard InChI is InChI=1S/C22H30N10O2S2/c23-8-2-6-15(25)11-17(33)27-21-31-29-19(35-21)13-4-1-5-14(10-13)20-30-32-22(36-20)28-18(34)12-16(26)7-3-9-24/h2-3,6-9,13-14H,1,4-5,10-12,23-26H2,(H,27,31,33)(H,28,32,34)/b8-2-,9-3-,15-6-,16-7-/t13-,14?/m0/s1. The van der Waals surface area contributed by atoms with Gasteiger partial charge < -0.3 is 33.6 Å². The molecule has 192 valence electrons. The predicted octanol–water partition coefficient (Wildman–Crippen LogP) is 2.12. The van der Waals surface area contributed by atoms with Gasteiger partial charge >= 0.3 is 0 Å². The lowest BCUT2D eigenvalue weighted by Gasteiger charge is -2.25. The summed E-state index contributed by atoms with van der Waals surface area (Å²) in [5.74, 6) is -0.132. The van der Waals surface area contributed by atoms with Crippen LogP contribution in [0.15, 0.2) is 48.1 Å². The summed E-state index contributed by atoms with van der Waals surface area (Å²) in [6.07, 6.45) is 12.8. The van der Waals surface area contributed by atoms with Crippen LogP contribution in [0.3, 0.4) is 0 Å². The monoisotopic (exact) mass is 530 g/mol. The van der Waals surface area contributed by atoms with E-state index in [4.69, 9.17) is 22.9 Å². The molecule has 1 aliphatic carbocycles. The molecule has 2 atom stereocenters. The minimum atomic E-state index is -0.269. The molecule has 1 aliphatic rings. The second-order valence-electron chi connectivity index (χ2n) is 8.15. The number of rotatable bonds is 10. The maximum Gasteiger partial charge on any atom is 0.232 e. The van der Waals surface area contributed by atoms with E-state index in [1.807, 2.05) is 0 Å². The van der Waals surface area contributed by atoms with Crippen LogP contribution < -0.4 is 33.6 Å². The fourth-order valence-electron chi connectivity index (χ4n) is 3.71. The van der Waals surface area contributed by atoms with Crippen LogP contribution in [0.1, 0.15) is 60.4 Å². The van der Waals surface area contributed by atoms with Gasteiger partial charge in [-0.15, -0.1) is 20.4 Å². The SMILES string of the molecule is N/C=C\C=C(/N)CC(=O)Nc1nnc(C2CCC[C@H](c3nnc(NC(=O)C/C(N)=C/C=C\N)s3)C2)s1. The van der Waals surface area contributed by atoms with Crippen LogP contribution in [-0.2, 0) is 9.59 Å². The van der Waals surface area contributed by atoms with Gasteiger partial charge in [-0.3, -0.25) is 9.59 Å². The Bertz CT molecular complexity index is 1080. The zero-order chi connectivity index (χ0) is 25.9. The summed E-state index contributed by atoms with van der Waals surface area (Å²) in [5, 5.41) is 25.0. The second kappa shape index (κ2) is 13.3. The molecule has 2 aromatic rings. The molecule has 1 saturated carbocycles. The van der Waals surface area contributed by atoms with E-state index < -0.39 is 0 Å². The second-order valence-corrected chi connectivity index (χ2v) is 10.2. The minimum absolute atomic E-state index is 0.0360. The van der Waals surface area contributed by atoms with Gasteiger partial charge in [-0.2, -0.15) is 0 Å². The Morgan fingerprint density at radius 1 is 0.806 bits per heavy atom. The maximum atomic E-state index is 12.2. The smallest absolute Gasteiger partial charge is 0.232 e. The van der Waals surface area contributed by atoms with Gasteiger partial charge in [0.15, 0.2) is 0 Å². The number of anilines is 2. The van der Waals surface area contributed by atoms with Crippen LogP contribution in [0.25, 0.3) is 0 Å². The molecule has 10 N–H and O–H groups in total. The number of carbonyl (C=O) groups excluding carboxylic acids is 2. The molecule has 0 spiro atoms. The highest BCUT2D eigenvalue weighted by atomic mass is 32.1. The number of hydrogen-bond acceptors (Lipinski definition) is 12. The lowest BCUT2D eigenvalue weighted by molar-refractivity contribution is -0.116. The van der Waals surface area contributed by atoms with Gasteiger partial charge in [-0.1, -0.05) is 29.1 Å². The first-order valence-electron chi connectivity index (χ1n) is 11.3. The summed E-state index contributed by atoms with van der Waals surface area (Å²) < 4.78 is 0. The zero-order valence-electron chi connectivity index (χ0n) is 19.6. The van der Waals surface area contributed by atoms with Gasteiger partial charge in [0.05, 0.1) is 12.8 Å². The van der Waals surface area contributed by atoms with Crippen LogP contribution in [0, 0.1) is 0 Å². The Labute approximate surface area is 216 Å². The Morgan fingerprint density at radius 2 is 1.25 bits per heavy atom. The summed E-state index contributed by atoms with van der Waals surface area (Å²) in [6, 6.07) is 0. The summed E-state index contributed by atoms with van der Waals surface area (Å²) in [6.45, 7) is 0. The Morgan fingerprint density at radius 3 is 1.67 bits per heavy atom. The zero-order valence-corrected chi connectivity index (χ0v) is 21.2. The average molecular weight is 531 g/mol. The first-order valence-corrected chi connectivity index (χ1v) is 12.9. The molecule has 12 nitrogen and oxygen atoms in total. The van der Waals surface area contributed by atoms with Crippen molar-refractivity contribution in [1.82, 2.24) is 20.4 Å². The molecule has 0 aliphatic heterocycles. The van der Waals surface area contributed by atoms with E-state index in [1.165, 1.54) is 35.1 Å². The number of aromatic nitrogens is 4. The van der Waals surface area contributed by atoms with Gasteiger partial charge in [-0.25, -0.2) is 0 Å². The van der Waals surface area contributed by atoms with Gasteiger partial charge in [0, 0.05) is 23.2 Å². The molecule has 2 heterocycles. The summed E-state index contributed by atoms with van der Waals surface area (Å²) in [5.41, 5.74) is 22.9. The van der Waals surface area contributed by atoms with E-state index in [2.05, 4.69) is 31.0 Å². The van der Waals surface area contributed by atoms with Crippen molar-refractivity contribution in [1.29, 1.82) is 0 Å². The first kappa shape index (κ1) is 26.8. The number of nitrogens with zero attached hydrogens (tertiary/aromatic N) is 4. The Hall–Kier alpha value is -3.78. The van der Waals surface area contributed by atoms with Crippen LogP contribution in [0.4, 0.5) is 10.3 Å². The molecule has 2 amide bonds. The fraction of sp³-hybridized carbons (Fsp3) is 0.364. The molecular weight excluding hydrogens is 500 g/mol. The molecule has 0 radical (unpaired) electrons. The largest absolute Gasteiger partial charge is 0.405 e. The predicted molar refractivity (Wildman–Crippen MR) is 141 cm³/mol. The number of amides is 2. The Balaban J connectivity index is 1.55. The van der Waals surface area contributed by atoms with Crippen LogP contribution in [-0.4, -0.2) is 32.2 Å². The van der Waals surface area contributed by atoms with Crippen molar-refractivity contribution in [2.75, 3.05) is 10.6 Å². The average Bonchev–Trinajstić information content (AvgIpc) is 3.51. The lowest BCUT2D eigenvalue weighted by Crippen LogP contribution is -2.15. The summed E-state index contributed by atoms with van der Waals surface area (Å²) >= 11 is 2.73. The van der Waals surface area contributed by atoms with Crippen molar-refractivity contribution in [2.24, 2.45) is 22.9 Å². The van der Waals surface area contributed by atoms with Crippen molar-refractivity contribution in [3.8, 4) is 0 Å². The molecule has 14 heteroatoms. The van der Waals surface area contributed by atoms with Crippen molar-refractivity contribution < 1.29 is 9.59 Å². The highest BCUT2D eigenvalue weighted by Gasteiger charge is 2.29. The van der Waals surface area contributed by atoms with Crippen molar-refractivity contribution >= 4 is 44.8 Å². The molecule has 0 bridgehead atoms. The van der Waals surface area contributed by atoms with Gasteiger partial charge in [0.25, 0.3) is 0 Å². The lowest BCUT2D eigenvalue weighted by atomic mass is 9.82. The van der Waals surface area contributed by atoms with E-state index in [0.717, 1.165) is 35.7 Å². The van der Waals surface area contributed by atoms with Crippen molar-refractivity contribution in [3.05, 3.63) is 58.1 Å². The highest BCUT2D eigenvalue weighted by Crippen LogP contribution is 2.43. The third kappa shape index (κ3) is 8.16. The molecule has 2 aromatic heterocycles. The molecule has 0 aromatic carbocycles.